The van der Waals surface area contributed by atoms with E-state index in [0.29, 0.717) is 0 Å². The van der Waals surface area contributed by atoms with E-state index in [1.54, 1.807) is 0 Å². The number of piperidine rings is 1. The number of rotatable bonds is 1. The number of nitrogens with one attached hydrogen (secondary N) is 2. The highest BCUT2D eigenvalue weighted by atomic mass is 16.5. The van der Waals surface area contributed by atoms with Gasteiger partial charge in [-0.3, -0.25) is 0 Å². The second-order valence-corrected chi connectivity index (χ2v) is 7.85. The van der Waals surface area contributed by atoms with Crippen LogP contribution in [0.25, 0.3) is 0 Å². The normalized spacial score (nSPS) is 19.9. The van der Waals surface area contributed by atoms with Crippen molar-refractivity contribution < 1.29 is 9.53 Å². The third-order valence-corrected chi connectivity index (χ3v) is 6.24. The maximum Gasteiger partial charge on any atom is 0.321 e. The highest BCUT2D eigenvalue weighted by Crippen LogP contribution is 2.37. The van der Waals surface area contributed by atoms with Gasteiger partial charge in [0.2, 0.25) is 0 Å². The standard InChI is InChI=1S/C22H25N3O2/c26-21(25-12-9-22(10-13-25)11-14-27-22)23-18-8-7-17-6-5-16-3-1-2-4-19(16)24-20(17)15-18/h1-4,7-8,15,24H,5-6,9-14H2,(H,23,26). The van der Waals surface area contributed by atoms with Gasteiger partial charge in [0.05, 0.1) is 12.2 Å². The highest BCUT2D eigenvalue weighted by molar-refractivity contribution is 5.90. The molecule has 2 saturated heterocycles. The topological polar surface area (TPSA) is 53.6 Å². The molecule has 2 amide bonds. The Hall–Kier alpha value is -2.53. The van der Waals surface area contributed by atoms with Crippen molar-refractivity contribution in [3.63, 3.8) is 0 Å². The Balaban J connectivity index is 1.28. The first-order chi connectivity index (χ1) is 13.2. The van der Waals surface area contributed by atoms with Crippen molar-refractivity contribution in [1.82, 2.24) is 4.90 Å². The molecule has 3 aliphatic rings. The van der Waals surface area contributed by atoms with Crippen LogP contribution in [0, 0.1) is 0 Å². The number of hydrogen-bond acceptors (Lipinski definition) is 3. The average Bonchev–Trinajstić information content (AvgIpc) is 2.85. The molecule has 140 valence electrons. The molecule has 0 radical (unpaired) electrons. The molecule has 0 saturated carbocycles. The van der Waals surface area contributed by atoms with Crippen molar-refractivity contribution in [2.24, 2.45) is 0 Å². The molecule has 2 aromatic rings. The molecule has 27 heavy (non-hydrogen) atoms. The first-order valence-corrected chi connectivity index (χ1v) is 9.89. The summed E-state index contributed by atoms with van der Waals surface area (Å²) in [6, 6.07) is 14.6. The van der Waals surface area contributed by atoms with Crippen molar-refractivity contribution in [2.45, 2.75) is 37.7 Å². The molecule has 0 bridgehead atoms. The Kier molecular flexibility index (Phi) is 4.05. The van der Waals surface area contributed by atoms with Crippen LogP contribution in [0.1, 0.15) is 30.4 Å². The zero-order valence-electron chi connectivity index (χ0n) is 15.5. The second-order valence-electron chi connectivity index (χ2n) is 7.85. The SMILES string of the molecule is O=C(Nc1ccc2c(c1)Nc1ccccc1CC2)N1CCC2(CCO2)CC1. The monoisotopic (exact) mass is 363 g/mol. The van der Waals surface area contributed by atoms with Crippen molar-refractivity contribution in [3.8, 4) is 0 Å². The van der Waals surface area contributed by atoms with E-state index in [0.717, 1.165) is 68.9 Å². The summed E-state index contributed by atoms with van der Waals surface area (Å²) < 4.78 is 5.74. The summed E-state index contributed by atoms with van der Waals surface area (Å²) in [7, 11) is 0. The fourth-order valence-electron chi connectivity index (χ4n) is 4.37. The van der Waals surface area contributed by atoms with Crippen LogP contribution in [0.4, 0.5) is 21.9 Å². The van der Waals surface area contributed by atoms with Crippen molar-refractivity contribution in [3.05, 3.63) is 53.6 Å². The smallest absolute Gasteiger partial charge is 0.321 e. The fraction of sp³-hybridized carbons (Fsp3) is 0.409. The molecule has 3 heterocycles. The summed E-state index contributed by atoms with van der Waals surface area (Å²) in [5.41, 5.74) is 5.76. The van der Waals surface area contributed by atoms with Gasteiger partial charge in [-0.1, -0.05) is 24.3 Å². The number of benzene rings is 2. The first-order valence-electron chi connectivity index (χ1n) is 9.89. The van der Waals surface area contributed by atoms with E-state index < -0.39 is 0 Å². The van der Waals surface area contributed by atoms with Gasteiger partial charge in [-0.25, -0.2) is 4.79 Å². The van der Waals surface area contributed by atoms with Crippen LogP contribution >= 0.6 is 0 Å². The minimum Gasteiger partial charge on any atom is -0.375 e. The largest absolute Gasteiger partial charge is 0.375 e. The summed E-state index contributed by atoms with van der Waals surface area (Å²) in [4.78, 5) is 14.6. The molecule has 5 nitrogen and oxygen atoms in total. The lowest BCUT2D eigenvalue weighted by molar-refractivity contribution is -0.168. The Morgan fingerprint density at radius 1 is 1.00 bits per heavy atom. The van der Waals surface area contributed by atoms with Gasteiger partial charge in [0.15, 0.2) is 0 Å². The third kappa shape index (κ3) is 3.16. The number of carbonyl (C=O) groups is 1. The van der Waals surface area contributed by atoms with Crippen molar-refractivity contribution in [1.29, 1.82) is 0 Å². The van der Waals surface area contributed by atoms with E-state index in [1.165, 1.54) is 11.1 Å². The molecule has 2 N–H and O–H groups in total. The van der Waals surface area contributed by atoms with Crippen LogP contribution in [0.15, 0.2) is 42.5 Å². The summed E-state index contributed by atoms with van der Waals surface area (Å²) in [6.45, 7) is 2.41. The van der Waals surface area contributed by atoms with Crippen LogP contribution in [0.2, 0.25) is 0 Å². The molecule has 1 spiro atoms. The van der Waals surface area contributed by atoms with Crippen LogP contribution < -0.4 is 10.6 Å². The number of hydrogen-bond donors (Lipinski definition) is 2. The summed E-state index contributed by atoms with van der Waals surface area (Å²) in [6.07, 6.45) is 5.06. The van der Waals surface area contributed by atoms with Crippen LogP contribution in [-0.2, 0) is 17.6 Å². The van der Waals surface area contributed by atoms with Crippen LogP contribution in [0.3, 0.4) is 0 Å². The molecule has 0 unspecified atom stereocenters. The minimum atomic E-state index is -0.0156. The van der Waals surface area contributed by atoms with E-state index in [1.807, 2.05) is 11.0 Å². The van der Waals surface area contributed by atoms with E-state index >= 15 is 0 Å². The number of likely N-dealkylation sites (tertiary alicyclic amines) is 1. The first kappa shape index (κ1) is 16.6. The zero-order chi connectivity index (χ0) is 18.3. The van der Waals surface area contributed by atoms with E-state index in [-0.39, 0.29) is 11.6 Å². The van der Waals surface area contributed by atoms with E-state index in [4.69, 9.17) is 4.74 Å². The number of aryl methyl sites for hydroxylation is 2. The molecular weight excluding hydrogens is 338 g/mol. The lowest BCUT2D eigenvalue weighted by Gasteiger charge is -2.47. The van der Waals surface area contributed by atoms with E-state index in [2.05, 4.69) is 47.0 Å². The zero-order valence-corrected chi connectivity index (χ0v) is 15.5. The number of nitrogens with zero attached hydrogens (tertiary/aromatic N) is 1. The number of ether oxygens (including phenoxy) is 1. The Morgan fingerprint density at radius 3 is 2.48 bits per heavy atom. The molecule has 0 aliphatic carbocycles. The van der Waals surface area contributed by atoms with Gasteiger partial charge < -0.3 is 20.3 Å². The van der Waals surface area contributed by atoms with Gasteiger partial charge in [-0.05, 0) is 61.4 Å². The highest BCUT2D eigenvalue weighted by Gasteiger charge is 2.41. The number of anilines is 3. The molecule has 0 atom stereocenters. The number of para-hydroxylation sites is 1. The molecule has 5 rings (SSSR count). The molecule has 0 aromatic heterocycles. The van der Waals surface area contributed by atoms with Crippen molar-refractivity contribution in [2.75, 3.05) is 30.3 Å². The van der Waals surface area contributed by atoms with Crippen LogP contribution in [0.5, 0.6) is 0 Å². The van der Waals surface area contributed by atoms with Gasteiger partial charge in [-0.2, -0.15) is 0 Å². The maximum absolute atomic E-state index is 12.7. The van der Waals surface area contributed by atoms with Gasteiger partial charge in [0.25, 0.3) is 0 Å². The number of carbonyl (C=O) groups excluding carboxylic acids is 1. The fourth-order valence-corrected chi connectivity index (χ4v) is 4.37. The number of urea groups is 1. The molecule has 2 aromatic carbocycles. The van der Waals surface area contributed by atoms with Gasteiger partial charge in [0, 0.05) is 30.2 Å². The maximum atomic E-state index is 12.7. The Morgan fingerprint density at radius 2 is 1.74 bits per heavy atom. The molecule has 3 aliphatic heterocycles. The summed E-state index contributed by atoms with van der Waals surface area (Å²) in [5, 5.41) is 6.62. The van der Waals surface area contributed by atoms with Gasteiger partial charge in [0.1, 0.15) is 0 Å². The second kappa shape index (κ2) is 6.57. The number of amides is 2. The predicted octanol–water partition coefficient (Wildman–Crippen LogP) is 4.32. The van der Waals surface area contributed by atoms with Crippen LogP contribution in [-0.4, -0.2) is 36.2 Å². The average molecular weight is 363 g/mol. The molecule has 5 heteroatoms. The Bertz CT molecular complexity index is 866. The summed E-state index contributed by atoms with van der Waals surface area (Å²) in [5.74, 6) is 0. The third-order valence-electron chi connectivity index (χ3n) is 6.24. The lowest BCUT2D eigenvalue weighted by Crippen LogP contribution is -2.54. The molecule has 2 fully saturated rings. The predicted molar refractivity (Wildman–Crippen MR) is 107 cm³/mol. The van der Waals surface area contributed by atoms with Gasteiger partial charge >= 0.3 is 6.03 Å². The van der Waals surface area contributed by atoms with Crippen molar-refractivity contribution >= 4 is 23.1 Å². The quantitative estimate of drug-likeness (QED) is 0.794. The van der Waals surface area contributed by atoms with Gasteiger partial charge in [-0.15, -0.1) is 0 Å². The van der Waals surface area contributed by atoms with E-state index in [9.17, 15) is 4.79 Å². The number of fused-ring (bicyclic) bond motifs is 2. The minimum absolute atomic E-state index is 0.0156. The lowest BCUT2D eigenvalue weighted by atomic mass is 9.84. The summed E-state index contributed by atoms with van der Waals surface area (Å²) >= 11 is 0. The Labute approximate surface area is 159 Å². The molecular formula is C22H25N3O2.